The molecule has 0 fully saturated rings. The standard InChI is InChI=1S/C16H15NO4S/c1-11(18)12-4-6-13(7-5-12)17-15(19)10-21-16(20)9-14-3-2-8-22-14/h2-8H,9-10H2,1H3,(H,17,19). The SMILES string of the molecule is CC(=O)c1ccc(NC(=O)COC(=O)Cc2cccs2)cc1. The van der Waals surface area contributed by atoms with Gasteiger partial charge in [-0.3, -0.25) is 14.4 Å². The van der Waals surface area contributed by atoms with Crippen LogP contribution in [0.2, 0.25) is 0 Å². The third kappa shape index (κ3) is 4.82. The van der Waals surface area contributed by atoms with Crippen LogP contribution in [0.25, 0.3) is 0 Å². The Hall–Kier alpha value is -2.47. The number of rotatable bonds is 6. The molecule has 1 aromatic carbocycles. The van der Waals surface area contributed by atoms with E-state index in [1.165, 1.54) is 18.3 Å². The highest BCUT2D eigenvalue weighted by Crippen LogP contribution is 2.11. The van der Waals surface area contributed by atoms with Gasteiger partial charge < -0.3 is 10.1 Å². The van der Waals surface area contributed by atoms with E-state index >= 15 is 0 Å². The quantitative estimate of drug-likeness (QED) is 0.657. The van der Waals surface area contributed by atoms with Crippen molar-refractivity contribution in [1.29, 1.82) is 0 Å². The minimum atomic E-state index is -0.440. The van der Waals surface area contributed by atoms with Crippen LogP contribution < -0.4 is 5.32 Å². The van der Waals surface area contributed by atoms with E-state index in [4.69, 9.17) is 4.74 Å². The lowest BCUT2D eigenvalue weighted by Crippen LogP contribution is -2.21. The number of anilines is 1. The highest BCUT2D eigenvalue weighted by atomic mass is 32.1. The topological polar surface area (TPSA) is 72.5 Å². The number of Topliss-reactive ketones (excluding diaryl/α,β-unsaturated/α-hetero) is 1. The van der Waals surface area contributed by atoms with Crippen molar-refractivity contribution in [3.8, 4) is 0 Å². The molecule has 0 spiro atoms. The molecule has 1 amide bonds. The average molecular weight is 317 g/mol. The zero-order valence-corrected chi connectivity index (χ0v) is 12.8. The molecule has 0 atom stereocenters. The highest BCUT2D eigenvalue weighted by molar-refractivity contribution is 7.10. The maximum Gasteiger partial charge on any atom is 0.311 e. The first kappa shape index (κ1) is 15.9. The molecule has 1 heterocycles. The molecule has 0 bridgehead atoms. The second-order valence-electron chi connectivity index (χ2n) is 4.60. The monoisotopic (exact) mass is 317 g/mol. The lowest BCUT2D eigenvalue weighted by molar-refractivity contribution is -0.146. The van der Waals surface area contributed by atoms with Crippen molar-refractivity contribution in [2.24, 2.45) is 0 Å². The molecule has 2 aromatic rings. The summed E-state index contributed by atoms with van der Waals surface area (Å²) in [7, 11) is 0. The van der Waals surface area contributed by atoms with E-state index in [-0.39, 0.29) is 18.8 Å². The van der Waals surface area contributed by atoms with Gasteiger partial charge in [-0.1, -0.05) is 6.07 Å². The number of ether oxygens (including phenoxy) is 1. The largest absolute Gasteiger partial charge is 0.455 e. The summed E-state index contributed by atoms with van der Waals surface area (Å²) in [5.41, 5.74) is 1.12. The number of benzene rings is 1. The molecule has 0 saturated heterocycles. The van der Waals surface area contributed by atoms with E-state index in [1.807, 2.05) is 17.5 Å². The van der Waals surface area contributed by atoms with Crippen LogP contribution in [-0.2, 0) is 20.7 Å². The van der Waals surface area contributed by atoms with E-state index in [2.05, 4.69) is 5.32 Å². The molecule has 114 valence electrons. The summed E-state index contributed by atoms with van der Waals surface area (Å²) >= 11 is 1.46. The smallest absolute Gasteiger partial charge is 0.311 e. The molecule has 0 aliphatic heterocycles. The second kappa shape index (κ2) is 7.51. The first-order valence-corrected chi connectivity index (χ1v) is 7.51. The van der Waals surface area contributed by atoms with E-state index < -0.39 is 11.9 Å². The Morgan fingerprint density at radius 1 is 1.14 bits per heavy atom. The summed E-state index contributed by atoms with van der Waals surface area (Å²) in [5.74, 6) is -0.903. The van der Waals surface area contributed by atoms with Gasteiger partial charge in [0.1, 0.15) is 0 Å². The van der Waals surface area contributed by atoms with Crippen molar-refractivity contribution >= 4 is 34.7 Å². The molecular formula is C16H15NO4S. The van der Waals surface area contributed by atoms with Gasteiger partial charge in [0, 0.05) is 16.1 Å². The normalized spacial score (nSPS) is 10.0. The molecule has 0 unspecified atom stereocenters. The number of thiophene rings is 1. The van der Waals surface area contributed by atoms with Gasteiger partial charge in [0.15, 0.2) is 12.4 Å². The number of hydrogen-bond donors (Lipinski definition) is 1. The van der Waals surface area contributed by atoms with Gasteiger partial charge in [-0.15, -0.1) is 11.3 Å². The van der Waals surface area contributed by atoms with Crippen molar-refractivity contribution in [3.63, 3.8) is 0 Å². The third-order valence-electron chi connectivity index (χ3n) is 2.84. The molecule has 6 heteroatoms. The Labute approximate surface area is 131 Å². The number of amides is 1. The Morgan fingerprint density at radius 2 is 1.86 bits per heavy atom. The van der Waals surface area contributed by atoms with Gasteiger partial charge in [0.2, 0.25) is 0 Å². The van der Waals surface area contributed by atoms with Crippen LogP contribution in [0.3, 0.4) is 0 Å². The average Bonchev–Trinajstić information content (AvgIpc) is 2.98. The minimum absolute atomic E-state index is 0.0413. The fourth-order valence-electron chi connectivity index (χ4n) is 1.74. The summed E-state index contributed by atoms with van der Waals surface area (Å²) < 4.78 is 4.91. The van der Waals surface area contributed by atoms with Crippen molar-refractivity contribution in [2.75, 3.05) is 11.9 Å². The fourth-order valence-corrected chi connectivity index (χ4v) is 2.43. The summed E-state index contributed by atoms with van der Waals surface area (Å²) in [6.45, 7) is 1.14. The molecule has 22 heavy (non-hydrogen) atoms. The van der Waals surface area contributed by atoms with Crippen molar-refractivity contribution in [2.45, 2.75) is 13.3 Å². The molecule has 5 nitrogen and oxygen atoms in total. The predicted octanol–water partition coefficient (Wildman–Crippen LogP) is 2.68. The number of hydrogen-bond acceptors (Lipinski definition) is 5. The first-order chi connectivity index (χ1) is 10.5. The van der Waals surface area contributed by atoms with E-state index in [1.54, 1.807) is 24.3 Å². The summed E-state index contributed by atoms with van der Waals surface area (Å²) in [4.78, 5) is 35.3. The zero-order valence-electron chi connectivity index (χ0n) is 12.0. The maximum absolute atomic E-state index is 11.7. The lowest BCUT2D eigenvalue weighted by atomic mass is 10.1. The third-order valence-corrected chi connectivity index (χ3v) is 3.71. The molecule has 0 aliphatic rings. The van der Waals surface area contributed by atoms with Gasteiger partial charge in [-0.2, -0.15) is 0 Å². The van der Waals surface area contributed by atoms with E-state index in [0.29, 0.717) is 11.3 Å². The van der Waals surface area contributed by atoms with Crippen LogP contribution in [0, 0.1) is 0 Å². The molecule has 0 aliphatic carbocycles. The van der Waals surface area contributed by atoms with Crippen LogP contribution >= 0.6 is 11.3 Å². The van der Waals surface area contributed by atoms with E-state index in [0.717, 1.165) is 4.88 Å². The Bertz CT molecular complexity index is 662. The number of carbonyl (C=O) groups is 3. The van der Waals surface area contributed by atoms with Crippen molar-refractivity contribution in [3.05, 3.63) is 52.2 Å². The Morgan fingerprint density at radius 3 is 2.45 bits per heavy atom. The van der Waals surface area contributed by atoms with Crippen LogP contribution in [0.5, 0.6) is 0 Å². The van der Waals surface area contributed by atoms with Gasteiger partial charge >= 0.3 is 5.97 Å². The Balaban J connectivity index is 1.77. The second-order valence-corrected chi connectivity index (χ2v) is 5.63. The van der Waals surface area contributed by atoms with Crippen molar-refractivity contribution in [1.82, 2.24) is 0 Å². The number of ketones is 1. The Kier molecular flexibility index (Phi) is 5.43. The zero-order chi connectivity index (χ0) is 15.9. The van der Waals surface area contributed by atoms with Crippen LogP contribution in [0.1, 0.15) is 22.2 Å². The summed E-state index contributed by atoms with van der Waals surface area (Å²) in [5, 5.41) is 4.47. The van der Waals surface area contributed by atoms with Crippen molar-refractivity contribution < 1.29 is 19.1 Å². The number of carbonyl (C=O) groups excluding carboxylic acids is 3. The molecule has 0 saturated carbocycles. The molecule has 1 aromatic heterocycles. The fraction of sp³-hybridized carbons (Fsp3) is 0.188. The predicted molar refractivity (Wildman–Crippen MR) is 84.1 cm³/mol. The number of nitrogens with one attached hydrogen (secondary N) is 1. The minimum Gasteiger partial charge on any atom is -0.455 e. The highest BCUT2D eigenvalue weighted by Gasteiger charge is 2.09. The van der Waals surface area contributed by atoms with Gasteiger partial charge in [0.25, 0.3) is 5.91 Å². The lowest BCUT2D eigenvalue weighted by Gasteiger charge is -2.06. The number of esters is 1. The molecule has 2 rings (SSSR count). The van der Waals surface area contributed by atoms with Gasteiger partial charge in [-0.05, 0) is 42.6 Å². The van der Waals surface area contributed by atoms with Crippen LogP contribution in [-0.4, -0.2) is 24.3 Å². The molecule has 1 N–H and O–H groups in total. The maximum atomic E-state index is 11.7. The van der Waals surface area contributed by atoms with Gasteiger partial charge in [-0.25, -0.2) is 0 Å². The van der Waals surface area contributed by atoms with Crippen LogP contribution in [0.15, 0.2) is 41.8 Å². The summed E-state index contributed by atoms with van der Waals surface area (Å²) in [6.07, 6.45) is 0.165. The van der Waals surface area contributed by atoms with Crippen LogP contribution in [0.4, 0.5) is 5.69 Å². The molecule has 0 radical (unpaired) electrons. The summed E-state index contributed by atoms with van der Waals surface area (Å²) in [6, 6.07) is 10.2. The van der Waals surface area contributed by atoms with Gasteiger partial charge in [0.05, 0.1) is 6.42 Å². The first-order valence-electron chi connectivity index (χ1n) is 6.63. The molecular weight excluding hydrogens is 302 g/mol. The van der Waals surface area contributed by atoms with E-state index in [9.17, 15) is 14.4 Å².